The number of rotatable bonds is 4. The normalized spacial score (nSPS) is 23.2. The average molecular weight is 393 g/mol. The third-order valence-electron chi connectivity index (χ3n) is 5.92. The quantitative estimate of drug-likeness (QED) is 0.823. The molecule has 4 rings (SSSR count). The molecule has 1 unspecified atom stereocenters. The molecule has 6 nitrogen and oxygen atoms in total. The van der Waals surface area contributed by atoms with Crippen LogP contribution < -0.4 is 15.4 Å². The van der Waals surface area contributed by atoms with Crippen LogP contribution in [-0.4, -0.2) is 42.1 Å². The molecule has 0 aliphatic carbocycles. The molecule has 2 heterocycles. The first kappa shape index (κ1) is 19.3. The third kappa shape index (κ3) is 4.36. The molecule has 2 aliphatic heterocycles. The van der Waals surface area contributed by atoms with Crippen LogP contribution in [0.4, 0.5) is 10.5 Å². The van der Waals surface area contributed by atoms with Gasteiger partial charge in [0.15, 0.2) is 0 Å². The first-order valence-corrected chi connectivity index (χ1v) is 10.2. The zero-order valence-electron chi connectivity index (χ0n) is 16.6. The van der Waals surface area contributed by atoms with Gasteiger partial charge >= 0.3 is 6.03 Å². The van der Waals surface area contributed by atoms with E-state index in [2.05, 4.69) is 10.6 Å². The van der Waals surface area contributed by atoms with Gasteiger partial charge in [0.1, 0.15) is 5.75 Å². The molecular formula is C23H27N3O3. The number of carbonyl (C=O) groups is 2. The Bertz CT molecular complexity index is 839. The summed E-state index contributed by atoms with van der Waals surface area (Å²) in [6, 6.07) is 17.0. The Labute approximate surface area is 171 Å². The first-order valence-electron chi connectivity index (χ1n) is 10.2. The number of piperidine rings is 2. The fraction of sp³-hybridized carbons (Fsp3) is 0.391. The van der Waals surface area contributed by atoms with E-state index in [1.165, 1.54) is 0 Å². The summed E-state index contributed by atoms with van der Waals surface area (Å²) in [5.74, 6) is 0.722. The Balaban J connectivity index is 1.40. The summed E-state index contributed by atoms with van der Waals surface area (Å²) in [5, 5.41) is 6.19. The topological polar surface area (TPSA) is 70.7 Å². The zero-order chi connectivity index (χ0) is 20.2. The summed E-state index contributed by atoms with van der Waals surface area (Å²) in [7, 11) is 1.62. The Morgan fingerprint density at radius 3 is 2.24 bits per heavy atom. The van der Waals surface area contributed by atoms with Gasteiger partial charge in [0, 0.05) is 29.4 Å². The number of ether oxygens (including phenoxy) is 1. The summed E-state index contributed by atoms with van der Waals surface area (Å²) >= 11 is 0. The number of benzene rings is 2. The highest BCUT2D eigenvalue weighted by Gasteiger charge is 2.41. The van der Waals surface area contributed by atoms with Crippen molar-refractivity contribution in [2.24, 2.45) is 0 Å². The maximum atomic E-state index is 13.0. The van der Waals surface area contributed by atoms with Crippen molar-refractivity contribution in [3.63, 3.8) is 0 Å². The molecule has 2 bridgehead atoms. The SMILES string of the molecule is COc1ccc(NC(=O)N2[C@@H]3CCC[C@H]2CC(NC(=O)c2ccccc2)C3)cc1. The number of hydrogen-bond acceptors (Lipinski definition) is 3. The molecular weight excluding hydrogens is 366 g/mol. The highest BCUT2D eigenvalue weighted by atomic mass is 16.5. The molecule has 0 aromatic heterocycles. The van der Waals surface area contributed by atoms with Crippen LogP contribution in [-0.2, 0) is 0 Å². The van der Waals surface area contributed by atoms with E-state index in [0.29, 0.717) is 5.56 Å². The van der Waals surface area contributed by atoms with Gasteiger partial charge in [0.25, 0.3) is 5.91 Å². The van der Waals surface area contributed by atoms with Crippen molar-refractivity contribution in [1.82, 2.24) is 10.2 Å². The van der Waals surface area contributed by atoms with Crippen LogP contribution in [0.2, 0.25) is 0 Å². The second-order valence-electron chi connectivity index (χ2n) is 7.81. The van der Waals surface area contributed by atoms with Crippen LogP contribution in [0.5, 0.6) is 5.75 Å². The molecule has 0 radical (unpaired) electrons. The van der Waals surface area contributed by atoms with Crippen LogP contribution in [0.1, 0.15) is 42.5 Å². The van der Waals surface area contributed by atoms with Gasteiger partial charge in [-0.25, -0.2) is 4.79 Å². The number of anilines is 1. The third-order valence-corrected chi connectivity index (χ3v) is 5.92. The number of nitrogens with zero attached hydrogens (tertiary/aromatic N) is 1. The highest BCUT2D eigenvalue weighted by molar-refractivity contribution is 5.94. The first-order chi connectivity index (χ1) is 14.1. The Morgan fingerprint density at radius 2 is 1.62 bits per heavy atom. The lowest BCUT2D eigenvalue weighted by Gasteiger charge is -2.48. The lowest BCUT2D eigenvalue weighted by atomic mass is 9.82. The van der Waals surface area contributed by atoms with Crippen LogP contribution in [0.3, 0.4) is 0 Å². The second kappa shape index (κ2) is 8.55. The fourth-order valence-corrected chi connectivity index (χ4v) is 4.55. The molecule has 2 fully saturated rings. The summed E-state index contributed by atoms with van der Waals surface area (Å²) < 4.78 is 5.17. The van der Waals surface area contributed by atoms with Crippen molar-refractivity contribution in [3.8, 4) is 5.75 Å². The van der Waals surface area contributed by atoms with E-state index in [0.717, 1.165) is 43.5 Å². The van der Waals surface area contributed by atoms with Crippen molar-refractivity contribution in [2.45, 2.75) is 50.2 Å². The van der Waals surface area contributed by atoms with Gasteiger partial charge in [-0.3, -0.25) is 4.79 Å². The lowest BCUT2D eigenvalue weighted by Crippen LogP contribution is -2.59. The van der Waals surface area contributed by atoms with Crippen molar-refractivity contribution in [3.05, 3.63) is 60.2 Å². The molecule has 3 amide bonds. The summed E-state index contributed by atoms with van der Waals surface area (Å²) in [6.45, 7) is 0. The van der Waals surface area contributed by atoms with E-state index in [4.69, 9.17) is 4.74 Å². The molecule has 29 heavy (non-hydrogen) atoms. The number of fused-ring (bicyclic) bond motifs is 2. The molecule has 2 saturated heterocycles. The van der Waals surface area contributed by atoms with E-state index in [1.807, 2.05) is 59.5 Å². The minimum Gasteiger partial charge on any atom is -0.497 e. The van der Waals surface area contributed by atoms with Gasteiger partial charge in [-0.2, -0.15) is 0 Å². The number of nitrogens with one attached hydrogen (secondary N) is 2. The number of carbonyl (C=O) groups excluding carboxylic acids is 2. The summed E-state index contributed by atoms with van der Waals surface area (Å²) in [6.07, 6.45) is 4.67. The number of hydrogen-bond donors (Lipinski definition) is 2. The Hall–Kier alpha value is -3.02. The van der Waals surface area contributed by atoms with E-state index in [-0.39, 0.29) is 30.1 Å². The summed E-state index contributed by atoms with van der Waals surface area (Å²) in [4.78, 5) is 27.5. The van der Waals surface area contributed by atoms with Crippen LogP contribution in [0, 0.1) is 0 Å². The molecule has 0 spiro atoms. The number of urea groups is 1. The van der Waals surface area contributed by atoms with Gasteiger partial charge in [-0.05, 0) is 68.5 Å². The predicted octanol–water partition coefficient (Wildman–Crippen LogP) is 4.04. The average Bonchev–Trinajstić information content (AvgIpc) is 2.74. The van der Waals surface area contributed by atoms with Crippen molar-refractivity contribution in [1.29, 1.82) is 0 Å². The Kier molecular flexibility index (Phi) is 5.69. The smallest absolute Gasteiger partial charge is 0.322 e. The van der Waals surface area contributed by atoms with Crippen LogP contribution in [0.15, 0.2) is 54.6 Å². The molecule has 0 saturated carbocycles. The van der Waals surface area contributed by atoms with Crippen molar-refractivity contribution in [2.75, 3.05) is 12.4 Å². The molecule has 2 aromatic rings. The fourth-order valence-electron chi connectivity index (χ4n) is 4.55. The van der Waals surface area contributed by atoms with E-state index in [9.17, 15) is 9.59 Å². The van der Waals surface area contributed by atoms with Gasteiger partial charge in [-0.1, -0.05) is 18.2 Å². The molecule has 2 aliphatic rings. The van der Waals surface area contributed by atoms with Gasteiger partial charge < -0.3 is 20.3 Å². The minimum absolute atomic E-state index is 0.0372. The van der Waals surface area contributed by atoms with Crippen molar-refractivity contribution >= 4 is 17.6 Å². The lowest BCUT2D eigenvalue weighted by molar-refractivity contribution is 0.0577. The zero-order valence-corrected chi connectivity index (χ0v) is 16.6. The largest absolute Gasteiger partial charge is 0.497 e. The standard InChI is InChI=1S/C23H27N3O3/c1-29-21-12-10-17(11-13-21)25-23(28)26-19-8-5-9-20(26)15-18(14-19)24-22(27)16-6-3-2-4-7-16/h2-4,6-7,10-13,18-20H,5,8-9,14-15H2,1H3,(H,24,27)(H,25,28)/t18?,19-,20+. The monoisotopic (exact) mass is 393 g/mol. The second-order valence-corrected chi connectivity index (χ2v) is 7.81. The predicted molar refractivity (Wildman–Crippen MR) is 112 cm³/mol. The highest BCUT2D eigenvalue weighted by Crippen LogP contribution is 2.34. The molecule has 2 N–H and O–H groups in total. The molecule has 152 valence electrons. The maximum absolute atomic E-state index is 13.0. The molecule has 3 atom stereocenters. The van der Waals surface area contributed by atoms with Crippen molar-refractivity contribution < 1.29 is 14.3 Å². The minimum atomic E-state index is -0.0577. The number of methoxy groups -OCH3 is 1. The molecule has 2 aromatic carbocycles. The van der Waals surface area contributed by atoms with Gasteiger partial charge in [-0.15, -0.1) is 0 Å². The number of amides is 3. The van der Waals surface area contributed by atoms with E-state index >= 15 is 0 Å². The van der Waals surface area contributed by atoms with E-state index < -0.39 is 0 Å². The van der Waals surface area contributed by atoms with Gasteiger partial charge in [0.05, 0.1) is 7.11 Å². The van der Waals surface area contributed by atoms with Gasteiger partial charge in [0.2, 0.25) is 0 Å². The van der Waals surface area contributed by atoms with Crippen LogP contribution in [0.25, 0.3) is 0 Å². The summed E-state index contributed by atoms with van der Waals surface area (Å²) in [5.41, 5.74) is 1.44. The molecule has 6 heteroatoms. The Morgan fingerprint density at radius 1 is 0.966 bits per heavy atom. The van der Waals surface area contributed by atoms with Crippen LogP contribution >= 0.6 is 0 Å². The van der Waals surface area contributed by atoms with E-state index in [1.54, 1.807) is 7.11 Å². The maximum Gasteiger partial charge on any atom is 0.322 e.